The molecule has 5 rings (SSSR count). The van der Waals surface area contributed by atoms with Gasteiger partial charge in [0.25, 0.3) is 5.91 Å². The van der Waals surface area contributed by atoms with Gasteiger partial charge in [-0.2, -0.15) is 5.10 Å². The van der Waals surface area contributed by atoms with E-state index >= 15 is 0 Å². The van der Waals surface area contributed by atoms with Gasteiger partial charge in [-0.25, -0.2) is 9.37 Å². The van der Waals surface area contributed by atoms with E-state index in [0.29, 0.717) is 34.4 Å². The number of benzene rings is 1. The van der Waals surface area contributed by atoms with Crippen molar-refractivity contribution in [3.05, 3.63) is 41.5 Å². The van der Waals surface area contributed by atoms with Gasteiger partial charge in [0.2, 0.25) is 0 Å². The number of likely N-dealkylation sites (tertiary alicyclic amines) is 1. The molecule has 0 spiro atoms. The molecule has 1 fully saturated rings. The number of hydrogen-bond acceptors (Lipinski definition) is 5. The summed E-state index contributed by atoms with van der Waals surface area (Å²) in [6.07, 6.45) is 4.60. The maximum atomic E-state index is 13.9. The summed E-state index contributed by atoms with van der Waals surface area (Å²) in [7, 11) is 0. The molecule has 2 aliphatic rings. The summed E-state index contributed by atoms with van der Waals surface area (Å²) in [6.45, 7) is 4.44. The summed E-state index contributed by atoms with van der Waals surface area (Å²) in [5, 5.41) is 8.50. The van der Waals surface area contributed by atoms with Crippen LogP contribution in [0.5, 0.6) is 0 Å². The number of aromatic nitrogens is 3. The van der Waals surface area contributed by atoms with Gasteiger partial charge in [0.05, 0.1) is 27.7 Å². The molecule has 0 bridgehead atoms. The lowest BCUT2D eigenvalue weighted by Gasteiger charge is -2.22. The van der Waals surface area contributed by atoms with E-state index in [-0.39, 0.29) is 17.8 Å². The lowest BCUT2D eigenvalue weighted by atomic mass is 9.96. The van der Waals surface area contributed by atoms with E-state index in [1.54, 1.807) is 12.3 Å². The minimum Gasteiger partial charge on any atom is -0.357 e. The second-order valence-corrected chi connectivity index (χ2v) is 8.81. The average molecular weight is 399 g/mol. The van der Waals surface area contributed by atoms with E-state index < -0.39 is 0 Å². The number of carbonyl (C=O) groups excluding carboxylic acids is 1. The Kier molecular flexibility index (Phi) is 4.30. The van der Waals surface area contributed by atoms with Gasteiger partial charge in [-0.15, -0.1) is 0 Å². The second-order valence-electron chi connectivity index (χ2n) is 7.81. The maximum Gasteiger partial charge on any atom is 0.257 e. The number of anilines is 1. The van der Waals surface area contributed by atoms with Gasteiger partial charge in [0.1, 0.15) is 5.82 Å². The maximum absolute atomic E-state index is 13.9. The van der Waals surface area contributed by atoms with Crippen LogP contribution in [0.4, 0.5) is 9.52 Å². The van der Waals surface area contributed by atoms with Gasteiger partial charge in [0, 0.05) is 25.7 Å². The summed E-state index contributed by atoms with van der Waals surface area (Å²) in [4.78, 5) is 19.4. The van der Waals surface area contributed by atoms with Crippen LogP contribution in [-0.2, 0) is 13.0 Å². The minimum atomic E-state index is -0.244. The van der Waals surface area contributed by atoms with E-state index in [4.69, 9.17) is 0 Å². The molecule has 4 heterocycles. The lowest BCUT2D eigenvalue weighted by Crippen LogP contribution is -2.32. The van der Waals surface area contributed by atoms with E-state index in [9.17, 15) is 9.18 Å². The largest absolute Gasteiger partial charge is 0.357 e. The van der Waals surface area contributed by atoms with Crippen LogP contribution in [0.2, 0.25) is 0 Å². The Balaban J connectivity index is 1.28. The Morgan fingerprint density at radius 3 is 3.07 bits per heavy atom. The first kappa shape index (κ1) is 17.6. The summed E-state index contributed by atoms with van der Waals surface area (Å²) in [5.41, 5.74) is 2.48. The Morgan fingerprint density at radius 2 is 2.21 bits per heavy atom. The first-order valence-electron chi connectivity index (χ1n) is 9.74. The quantitative estimate of drug-likeness (QED) is 0.732. The van der Waals surface area contributed by atoms with Crippen LogP contribution in [-0.4, -0.2) is 44.7 Å². The first-order chi connectivity index (χ1) is 13.6. The highest BCUT2D eigenvalue weighted by molar-refractivity contribution is 7.22. The molecule has 0 saturated carbocycles. The van der Waals surface area contributed by atoms with Crippen LogP contribution < -0.4 is 5.32 Å². The Bertz CT molecular complexity index is 1040. The highest BCUT2D eigenvalue weighted by Gasteiger charge is 2.31. The van der Waals surface area contributed by atoms with Crippen molar-refractivity contribution >= 4 is 32.6 Å². The minimum absolute atomic E-state index is 0.0648. The van der Waals surface area contributed by atoms with Crippen molar-refractivity contribution in [2.75, 3.05) is 18.4 Å². The molecule has 0 aliphatic carbocycles. The fourth-order valence-electron chi connectivity index (χ4n) is 4.16. The number of amides is 1. The van der Waals surface area contributed by atoms with Crippen LogP contribution >= 0.6 is 11.3 Å². The van der Waals surface area contributed by atoms with Crippen molar-refractivity contribution in [2.45, 2.75) is 38.8 Å². The summed E-state index contributed by atoms with van der Waals surface area (Å²) >= 11 is 1.32. The van der Waals surface area contributed by atoms with Gasteiger partial charge in [-0.3, -0.25) is 9.48 Å². The molecule has 3 aromatic rings. The normalized spacial score (nSPS) is 21.9. The standard InChI is InChI=1S/C20H22FN5OS/c1-12-5-8-26-17(9-12)14(10-22-26)19(27)25-7-6-13(11-25)23-20-24-16-4-2-3-15(21)18(16)28-20/h2-4,10,12-13H,5-9,11H2,1H3,(H,23,24)/t12?,13-/m1/s1. The number of hydrogen-bond donors (Lipinski definition) is 1. The highest BCUT2D eigenvalue weighted by atomic mass is 32.1. The fourth-order valence-corrected chi connectivity index (χ4v) is 5.10. The lowest BCUT2D eigenvalue weighted by molar-refractivity contribution is 0.0789. The number of halogens is 1. The Labute approximate surface area is 166 Å². The van der Waals surface area contributed by atoms with Crippen LogP contribution in [0.3, 0.4) is 0 Å². The number of thiazole rings is 1. The average Bonchev–Trinajstić information content (AvgIpc) is 3.39. The monoisotopic (exact) mass is 399 g/mol. The van der Waals surface area contributed by atoms with Gasteiger partial charge in [0.15, 0.2) is 5.13 Å². The molecular formula is C20H22FN5OS. The van der Waals surface area contributed by atoms with Crippen molar-refractivity contribution < 1.29 is 9.18 Å². The number of carbonyl (C=O) groups is 1. The van der Waals surface area contributed by atoms with Crippen LogP contribution in [0.25, 0.3) is 10.2 Å². The first-order valence-corrected chi connectivity index (χ1v) is 10.6. The molecule has 6 nitrogen and oxygen atoms in total. The van der Waals surface area contributed by atoms with E-state index in [2.05, 4.69) is 22.3 Å². The second kappa shape index (κ2) is 6.84. The predicted molar refractivity (Wildman–Crippen MR) is 107 cm³/mol. The number of aryl methyl sites for hydroxylation is 1. The van der Waals surface area contributed by atoms with Gasteiger partial charge >= 0.3 is 0 Å². The molecule has 28 heavy (non-hydrogen) atoms. The van der Waals surface area contributed by atoms with Crippen LogP contribution in [0.15, 0.2) is 24.4 Å². The third-order valence-electron chi connectivity index (χ3n) is 5.72. The van der Waals surface area contributed by atoms with Crippen molar-refractivity contribution in [2.24, 2.45) is 5.92 Å². The molecule has 2 aliphatic heterocycles. The van der Waals surface area contributed by atoms with Crippen LogP contribution in [0, 0.1) is 11.7 Å². The van der Waals surface area contributed by atoms with Crippen LogP contribution in [0.1, 0.15) is 35.8 Å². The van der Waals surface area contributed by atoms with Gasteiger partial charge in [-0.1, -0.05) is 24.3 Å². The Hall–Kier alpha value is -2.48. The zero-order valence-corrected chi connectivity index (χ0v) is 16.5. The molecule has 0 radical (unpaired) electrons. The SMILES string of the molecule is CC1CCn2ncc(C(=O)N3CC[C@@H](Nc4nc5cccc(F)c5s4)C3)c2C1. The van der Waals surface area contributed by atoms with Crippen molar-refractivity contribution in [1.82, 2.24) is 19.7 Å². The number of fused-ring (bicyclic) bond motifs is 2. The zero-order valence-electron chi connectivity index (χ0n) is 15.7. The summed E-state index contributed by atoms with van der Waals surface area (Å²) < 4.78 is 16.4. The topological polar surface area (TPSA) is 63.1 Å². The molecule has 146 valence electrons. The van der Waals surface area contributed by atoms with Gasteiger partial charge in [-0.05, 0) is 37.3 Å². The number of nitrogens with one attached hydrogen (secondary N) is 1. The number of nitrogens with zero attached hydrogens (tertiary/aromatic N) is 4. The third-order valence-corrected chi connectivity index (χ3v) is 6.74. The molecule has 2 atom stereocenters. The molecule has 2 aromatic heterocycles. The zero-order chi connectivity index (χ0) is 19.3. The van der Waals surface area contributed by atoms with Crippen molar-refractivity contribution in [3.63, 3.8) is 0 Å². The van der Waals surface area contributed by atoms with Crippen molar-refractivity contribution in [3.8, 4) is 0 Å². The predicted octanol–water partition coefficient (Wildman–Crippen LogP) is 3.54. The van der Waals surface area contributed by atoms with Gasteiger partial charge < -0.3 is 10.2 Å². The molecule has 1 N–H and O–H groups in total. The highest BCUT2D eigenvalue weighted by Crippen LogP contribution is 2.30. The summed E-state index contributed by atoms with van der Waals surface area (Å²) in [6, 6.07) is 5.06. The van der Waals surface area contributed by atoms with E-state index in [1.807, 2.05) is 15.6 Å². The van der Waals surface area contributed by atoms with E-state index in [0.717, 1.165) is 37.1 Å². The molecule has 8 heteroatoms. The molecular weight excluding hydrogens is 377 g/mol. The van der Waals surface area contributed by atoms with E-state index in [1.165, 1.54) is 17.4 Å². The molecule has 1 saturated heterocycles. The fraction of sp³-hybridized carbons (Fsp3) is 0.450. The summed E-state index contributed by atoms with van der Waals surface area (Å²) in [5.74, 6) is 0.407. The smallest absolute Gasteiger partial charge is 0.257 e. The molecule has 1 unspecified atom stereocenters. The molecule has 1 aromatic carbocycles. The molecule has 1 amide bonds. The van der Waals surface area contributed by atoms with Crippen molar-refractivity contribution in [1.29, 1.82) is 0 Å². The third kappa shape index (κ3) is 3.05. The Morgan fingerprint density at radius 1 is 1.32 bits per heavy atom. The number of rotatable bonds is 3.